The number of nitrogens with zero attached hydrogens (tertiary/aromatic N) is 2. The first-order valence-electron chi connectivity index (χ1n) is 9.70. The Bertz CT molecular complexity index is 1180. The smallest absolute Gasteiger partial charge is 0.264 e. The summed E-state index contributed by atoms with van der Waals surface area (Å²) in [7, 11) is -0.980. The summed E-state index contributed by atoms with van der Waals surface area (Å²) in [6.45, 7) is 3.59. The minimum absolute atomic E-state index is 0.0159. The molecule has 3 rings (SSSR count). The maximum Gasteiger partial charge on any atom is 0.264 e. The molecule has 8 heteroatoms. The molecule has 0 radical (unpaired) electrons. The summed E-state index contributed by atoms with van der Waals surface area (Å²) in [6, 6.07) is 16.5. The highest BCUT2D eigenvalue weighted by Gasteiger charge is 2.25. The standard InChI is InChI=1S/C23H25N3O4S/c1-16-12-13-18(31(28,29)26(3)21-10-5-6-11-22(21)30-4)15-19(16)23(27)25-17(2)20-9-7-8-14-24-20/h5-15,17H,1-4H3,(H,25,27)/t17-/m1/s1. The lowest BCUT2D eigenvalue weighted by Crippen LogP contribution is -2.29. The van der Waals surface area contributed by atoms with Crippen molar-refractivity contribution in [3.63, 3.8) is 0 Å². The van der Waals surface area contributed by atoms with Gasteiger partial charge in [-0.2, -0.15) is 0 Å². The second-order valence-corrected chi connectivity index (χ2v) is 9.04. The summed E-state index contributed by atoms with van der Waals surface area (Å²) in [5.41, 5.74) is 2.08. The number of carbonyl (C=O) groups is 1. The van der Waals surface area contributed by atoms with E-state index < -0.39 is 10.0 Å². The number of aryl methyl sites for hydroxylation is 1. The molecule has 0 saturated carbocycles. The number of hydrogen-bond acceptors (Lipinski definition) is 5. The second kappa shape index (κ2) is 9.18. The third kappa shape index (κ3) is 4.69. The summed E-state index contributed by atoms with van der Waals surface area (Å²) in [4.78, 5) is 17.2. The maximum atomic E-state index is 13.3. The van der Waals surface area contributed by atoms with E-state index in [0.29, 0.717) is 22.7 Å². The van der Waals surface area contributed by atoms with Crippen molar-refractivity contribution in [3.05, 3.63) is 83.7 Å². The number of sulfonamides is 1. The van der Waals surface area contributed by atoms with Crippen LogP contribution in [0.4, 0.5) is 5.69 Å². The molecule has 7 nitrogen and oxygen atoms in total. The average molecular weight is 440 g/mol. The predicted octanol–water partition coefficient (Wildman–Crippen LogP) is 3.71. The van der Waals surface area contributed by atoms with E-state index >= 15 is 0 Å². The van der Waals surface area contributed by atoms with Crippen LogP contribution in [0.25, 0.3) is 0 Å². The zero-order chi connectivity index (χ0) is 22.6. The van der Waals surface area contributed by atoms with E-state index in [4.69, 9.17) is 4.74 Å². The molecule has 0 unspecified atom stereocenters. The Labute approximate surface area is 182 Å². The Balaban J connectivity index is 1.91. The number of anilines is 1. The van der Waals surface area contributed by atoms with Crippen LogP contribution in [0, 0.1) is 6.92 Å². The molecule has 1 heterocycles. The van der Waals surface area contributed by atoms with Crippen molar-refractivity contribution >= 4 is 21.6 Å². The Kier molecular flexibility index (Phi) is 6.60. The van der Waals surface area contributed by atoms with Crippen molar-refractivity contribution in [3.8, 4) is 5.75 Å². The van der Waals surface area contributed by atoms with E-state index in [-0.39, 0.29) is 22.4 Å². The predicted molar refractivity (Wildman–Crippen MR) is 120 cm³/mol. The van der Waals surface area contributed by atoms with Gasteiger partial charge in [-0.15, -0.1) is 0 Å². The molecule has 1 aromatic heterocycles. The van der Waals surface area contributed by atoms with Gasteiger partial charge >= 0.3 is 0 Å². The van der Waals surface area contributed by atoms with Crippen LogP contribution in [0.15, 0.2) is 71.8 Å². The fourth-order valence-corrected chi connectivity index (χ4v) is 4.40. The largest absolute Gasteiger partial charge is 0.495 e. The number of pyridine rings is 1. The lowest BCUT2D eigenvalue weighted by atomic mass is 10.1. The molecule has 0 aliphatic rings. The van der Waals surface area contributed by atoms with Gasteiger partial charge in [0, 0.05) is 18.8 Å². The van der Waals surface area contributed by atoms with Gasteiger partial charge in [0.15, 0.2) is 0 Å². The zero-order valence-corrected chi connectivity index (χ0v) is 18.7. The average Bonchev–Trinajstić information content (AvgIpc) is 2.79. The first kappa shape index (κ1) is 22.3. The van der Waals surface area contributed by atoms with Gasteiger partial charge in [-0.25, -0.2) is 8.42 Å². The van der Waals surface area contributed by atoms with Crippen LogP contribution in [0.3, 0.4) is 0 Å². The monoisotopic (exact) mass is 439 g/mol. The van der Waals surface area contributed by atoms with E-state index in [1.54, 1.807) is 49.5 Å². The molecule has 1 atom stereocenters. The summed E-state index contributed by atoms with van der Waals surface area (Å²) >= 11 is 0. The number of benzene rings is 2. The second-order valence-electron chi connectivity index (χ2n) is 7.07. The van der Waals surface area contributed by atoms with E-state index in [0.717, 1.165) is 4.31 Å². The van der Waals surface area contributed by atoms with E-state index in [2.05, 4.69) is 10.3 Å². The molecule has 3 aromatic rings. The molecule has 0 aliphatic heterocycles. The van der Waals surface area contributed by atoms with Crippen molar-refractivity contribution < 1.29 is 17.9 Å². The number of methoxy groups -OCH3 is 1. The molecular weight excluding hydrogens is 414 g/mol. The third-order valence-corrected chi connectivity index (χ3v) is 6.78. The van der Waals surface area contributed by atoms with Gasteiger partial charge < -0.3 is 10.1 Å². The maximum absolute atomic E-state index is 13.3. The summed E-state index contributed by atoms with van der Waals surface area (Å²) < 4.78 is 33.0. The zero-order valence-electron chi connectivity index (χ0n) is 17.9. The molecule has 1 N–H and O–H groups in total. The van der Waals surface area contributed by atoms with Crippen molar-refractivity contribution in [2.24, 2.45) is 0 Å². The molecule has 0 aliphatic carbocycles. The number of rotatable bonds is 7. The van der Waals surface area contributed by atoms with Gasteiger partial charge in [0.05, 0.1) is 29.4 Å². The van der Waals surface area contributed by atoms with Gasteiger partial charge in [0.2, 0.25) is 0 Å². The van der Waals surface area contributed by atoms with E-state index in [1.807, 2.05) is 19.1 Å². The Morgan fingerprint density at radius 1 is 1.10 bits per heavy atom. The molecule has 162 valence electrons. The molecule has 0 saturated heterocycles. The molecular formula is C23H25N3O4S. The molecule has 0 spiro atoms. The normalized spacial score (nSPS) is 12.1. The molecule has 31 heavy (non-hydrogen) atoms. The van der Waals surface area contributed by atoms with Gasteiger partial charge in [0.25, 0.3) is 15.9 Å². The number of ether oxygens (including phenoxy) is 1. The Morgan fingerprint density at radius 3 is 2.48 bits per heavy atom. The van der Waals surface area contributed by atoms with Crippen LogP contribution >= 0.6 is 0 Å². The third-order valence-electron chi connectivity index (χ3n) is 5.02. The quantitative estimate of drug-likeness (QED) is 0.606. The number of hydrogen-bond donors (Lipinski definition) is 1. The first-order chi connectivity index (χ1) is 14.8. The number of para-hydroxylation sites is 2. The van der Waals surface area contributed by atoms with Gasteiger partial charge in [0.1, 0.15) is 5.75 Å². The van der Waals surface area contributed by atoms with Crippen LogP contribution in [0.2, 0.25) is 0 Å². The Morgan fingerprint density at radius 2 is 1.81 bits per heavy atom. The summed E-state index contributed by atoms with van der Waals surface area (Å²) in [5, 5.41) is 2.88. The molecule has 1 amide bonds. The van der Waals surface area contributed by atoms with Crippen LogP contribution in [-0.4, -0.2) is 33.5 Å². The lowest BCUT2D eigenvalue weighted by molar-refractivity contribution is 0.0938. The van der Waals surface area contributed by atoms with Crippen molar-refractivity contribution in [2.45, 2.75) is 24.8 Å². The topological polar surface area (TPSA) is 88.6 Å². The highest BCUT2D eigenvalue weighted by molar-refractivity contribution is 7.92. The van der Waals surface area contributed by atoms with Crippen LogP contribution in [-0.2, 0) is 10.0 Å². The molecule has 2 aromatic carbocycles. The number of aromatic nitrogens is 1. The van der Waals surface area contributed by atoms with Crippen LogP contribution in [0.1, 0.15) is 34.6 Å². The van der Waals surface area contributed by atoms with Crippen molar-refractivity contribution in [1.82, 2.24) is 10.3 Å². The summed E-state index contributed by atoms with van der Waals surface area (Å²) in [5.74, 6) is 0.0653. The van der Waals surface area contributed by atoms with Crippen molar-refractivity contribution in [1.29, 1.82) is 0 Å². The minimum atomic E-state index is -3.92. The minimum Gasteiger partial charge on any atom is -0.495 e. The number of nitrogens with one attached hydrogen (secondary N) is 1. The number of carbonyl (C=O) groups excluding carboxylic acids is 1. The number of amides is 1. The van der Waals surface area contributed by atoms with Crippen LogP contribution in [0.5, 0.6) is 5.75 Å². The highest BCUT2D eigenvalue weighted by Crippen LogP contribution is 2.31. The Hall–Kier alpha value is -3.39. The van der Waals surface area contributed by atoms with Crippen molar-refractivity contribution in [2.75, 3.05) is 18.5 Å². The van der Waals surface area contributed by atoms with E-state index in [1.165, 1.54) is 26.3 Å². The van der Waals surface area contributed by atoms with Gasteiger partial charge in [-0.1, -0.05) is 24.3 Å². The molecule has 0 fully saturated rings. The van der Waals surface area contributed by atoms with Crippen LogP contribution < -0.4 is 14.4 Å². The summed E-state index contributed by atoms with van der Waals surface area (Å²) in [6.07, 6.45) is 1.66. The fraction of sp³-hybridized carbons (Fsp3) is 0.217. The van der Waals surface area contributed by atoms with Gasteiger partial charge in [-0.3, -0.25) is 14.1 Å². The fourth-order valence-electron chi connectivity index (χ4n) is 3.16. The highest BCUT2D eigenvalue weighted by atomic mass is 32.2. The SMILES string of the molecule is COc1ccccc1N(C)S(=O)(=O)c1ccc(C)c(C(=O)N[C@H](C)c2ccccn2)c1. The van der Waals surface area contributed by atoms with Gasteiger partial charge in [-0.05, 0) is 55.8 Å². The molecule has 0 bridgehead atoms. The van der Waals surface area contributed by atoms with E-state index in [9.17, 15) is 13.2 Å². The lowest BCUT2D eigenvalue weighted by Gasteiger charge is -2.22. The first-order valence-corrected chi connectivity index (χ1v) is 11.1.